The molecule has 0 saturated carbocycles. The summed E-state index contributed by atoms with van der Waals surface area (Å²) in [5, 5.41) is 5.76. The molecule has 228 valence electrons. The van der Waals surface area contributed by atoms with E-state index in [1.807, 2.05) is 64.1 Å². The summed E-state index contributed by atoms with van der Waals surface area (Å²) in [5.41, 5.74) is 7.32. The fourth-order valence-corrected chi connectivity index (χ4v) is 5.14. The molecule has 1 heterocycles. The lowest BCUT2D eigenvalue weighted by molar-refractivity contribution is 0.0924. The van der Waals surface area contributed by atoms with E-state index in [2.05, 4.69) is 10.6 Å². The Kier molecular flexibility index (Phi) is 7.94. The molecule has 46 heavy (non-hydrogen) atoms. The minimum absolute atomic E-state index is 0.166. The molecule has 0 atom stereocenters. The van der Waals surface area contributed by atoms with Crippen molar-refractivity contribution in [1.29, 1.82) is 0 Å². The van der Waals surface area contributed by atoms with E-state index < -0.39 is 11.8 Å². The van der Waals surface area contributed by atoms with Crippen molar-refractivity contribution in [2.75, 3.05) is 15.5 Å². The van der Waals surface area contributed by atoms with Gasteiger partial charge in [-0.15, -0.1) is 0 Å². The number of anilines is 3. The first-order chi connectivity index (χ1) is 22.1. The number of benzene rings is 5. The second kappa shape index (κ2) is 12.2. The number of nitrogens with one attached hydrogen (secondary N) is 2. The van der Waals surface area contributed by atoms with Gasteiger partial charge in [0, 0.05) is 22.5 Å². The van der Waals surface area contributed by atoms with E-state index in [4.69, 9.17) is 4.74 Å². The number of imide groups is 1. The van der Waals surface area contributed by atoms with Gasteiger partial charge in [0.2, 0.25) is 0 Å². The lowest BCUT2D eigenvalue weighted by Crippen LogP contribution is -2.29. The van der Waals surface area contributed by atoms with E-state index in [9.17, 15) is 19.2 Å². The molecule has 0 unspecified atom stereocenters. The summed E-state index contributed by atoms with van der Waals surface area (Å²) in [6, 6.07) is 29.2. The number of hydrogen-bond donors (Lipinski definition) is 2. The van der Waals surface area contributed by atoms with Crippen molar-refractivity contribution in [3.63, 3.8) is 0 Å². The smallest absolute Gasteiger partial charge is 0.266 e. The van der Waals surface area contributed by atoms with Crippen LogP contribution in [-0.2, 0) is 0 Å². The Hall–Kier alpha value is -6.02. The molecular formula is C38H31N3O5. The van der Waals surface area contributed by atoms with Gasteiger partial charge < -0.3 is 15.4 Å². The van der Waals surface area contributed by atoms with E-state index in [1.165, 1.54) is 12.1 Å². The lowest BCUT2D eigenvalue weighted by atomic mass is 10.0. The van der Waals surface area contributed by atoms with Gasteiger partial charge in [-0.25, -0.2) is 4.90 Å². The zero-order chi connectivity index (χ0) is 32.5. The summed E-state index contributed by atoms with van der Waals surface area (Å²) in [5.74, 6) is -0.579. The molecule has 1 aliphatic heterocycles. The van der Waals surface area contributed by atoms with E-state index >= 15 is 0 Å². The number of nitrogens with zero attached hydrogens (tertiary/aromatic N) is 1. The van der Waals surface area contributed by atoms with Crippen molar-refractivity contribution in [3.8, 4) is 11.5 Å². The quantitative estimate of drug-likeness (QED) is 0.182. The maximum Gasteiger partial charge on any atom is 0.266 e. The summed E-state index contributed by atoms with van der Waals surface area (Å²) >= 11 is 0. The number of amides is 4. The van der Waals surface area contributed by atoms with Gasteiger partial charge in [0.1, 0.15) is 11.5 Å². The lowest BCUT2D eigenvalue weighted by Gasteiger charge is -2.14. The molecule has 0 aromatic heterocycles. The van der Waals surface area contributed by atoms with Gasteiger partial charge in [-0.05, 0) is 141 Å². The third-order valence-electron chi connectivity index (χ3n) is 8.13. The monoisotopic (exact) mass is 609 g/mol. The summed E-state index contributed by atoms with van der Waals surface area (Å²) in [6.07, 6.45) is 0. The molecule has 0 spiro atoms. The Morgan fingerprint density at radius 2 is 1.00 bits per heavy atom. The zero-order valence-electron chi connectivity index (χ0n) is 25.8. The van der Waals surface area contributed by atoms with Gasteiger partial charge in [0.05, 0.1) is 16.8 Å². The van der Waals surface area contributed by atoms with Crippen LogP contribution in [0.25, 0.3) is 0 Å². The average molecular weight is 610 g/mol. The van der Waals surface area contributed by atoms with Crippen LogP contribution in [0, 0.1) is 27.7 Å². The Bertz CT molecular complexity index is 2030. The number of hydrogen-bond acceptors (Lipinski definition) is 5. The van der Waals surface area contributed by atoms with E-state index in [0.717, 1.165) is 32.8 Å². The zero-order valence-corrected chi connectivity index (χ0v) is 25.8. The Balaban J connectivity index is 1.11. The molecule has 5 aromatic rings. The van der Waals surface area contributed by atoms with Gasteiger partial charge >= 0.3 is 0 Å². The molecule has 8 heteroatoms. The molecule has 0 bridgehead atoms. The average Bonchev–Trinajstić information content (AvgIpc) is 3.30. The van der Waals surface area contributed by atoms with Crippen LogP contribution in [0.5, 0.6) is 11.5 Å². The molecular weight excluding hydrogens is 578 g/mol. The summed E-state index contributed by atoms with van der Waals surface area (Å²) in [6.45, 7) is 7.97. The van der Waals surface area contributed by atoms with Crippen LogP contribution in [0.3, 0.4) is 0 Å². The number of carbonyl (C=O) groups excluding carboxylic acids is 4. The van der Waals surface area contributed by atoms with Crippen LogP contribution in [0.15, 0.2) is 103 Å². The highest BCUT2D eigenvalue weighted by molar-refractivity contribution is 6.34. The third kappa shape index (κ3) is 6.01. The Labute approximate surface area is 266 Å². The topological polar surface area (TPSA) is 105 Å². The van der Waals surface area contributed by atoms with E-state index in [-0.39, 0.29) is 28.5 Å². The van der Waals surface area contributed by atoms with Gasteiger partial charge in [-0.2, -0.15) is 0 Å². The first-order valence-electron chi connectivity index (χ1n) is 14.8. The van der Waals surface area contributed by atoms with Crippen molar-refractivity contribution < 1.29 is 23.9 Å². The molecule has 0 radical (unpaired) electrons. The van der Waals surface area contributed by atoms with Crippen molar-refractivity contribution in [2.45, 2.75) is 27.7 Å². The standard InChI is InChI=1S/C38H31N3O5/c1-22-5-10-28(19-24(22)3)39-35(42)26-7-14-31(15-8-26)46-32-16-12-30(13-17-32)41-37(44)33-18-9-27(21-34(33)38(41)45)36(43)40-29-11-6-23(2)25(4)20-29/h5-21H,1-4H3,(H,39,42)(H,40,43). The molecule has 4 amide bonds. The predicted octanol–water partition coefficient (Wildman–Crippen LogP) is 8.02. The van der Waals surface area contributed by atoms with Crippen molar-refractivity contribution in [1.82, 2.24) is 0 Å². The first-order valence-corrected chi connectivity index (χ1v) is 14.8. The fraction of sp³-hybridized carbons (Fsp3) is 0.105. The van der Waals surface area contributed by atoms with Crippen LogP contribution >= 0.6 is 0 Å². The van der Waals surface area contributed by atoms with Crippen LogP contribution in [0.4, 0.5) is 17.1 Å². The van der Waals surface area contributed by atoms with Crippen LogP contribution in [-0.4, -0.2) is 23.6 Å². The largest absolute Gasteiger partial charge is 0.457 e. The van der Waals surface area contributed by atoms with Crippen LogP contribution < -0.4 is 20.3 Å². The first kappa shape index (κ1) is 30.0. The summed E-state index contributed by atoms with van der Waals surface area (Å²) in [4.78, 5) is 53.3. The minimum Gasteiger partial charge on any atom is -0.457 e. The van der Waals surface area contributed by atoms with Gasteiger partial charge in [0.15, 0.2) is 0 Å². The summed E-state index contributed by atoms with van der Waals surface area (Å²) in [7, 11) is 0. The normalized spacial score (nSPS) is 12.1. The molecule has 1 aliphatic rings. The third-order valence-corrected chi connectivity index (χ3v) is 8.13. The molecule has 0 fully saturated rings. The van der Waals surface area contributed by atoms with Crippen LogP contribution in [0.1, 0.15) is 63.7 Å². The number of carbonyl (C=O) groups is 4. The maximum absolute atomic E-state index is 13.3. The highest BCUT2D eigenvalue weighted by Crippen LogP contribution is 2.32. The molecule has 5 aromatic carbocycles. The molecule has 8 nitrogen and oxygen atoms in total. The maximum atomic E-state index is 13.3. The van der Waals surface area contributed by atoms with Crippen molar-refractivity contribution in [3.05, 3.63) is 148 Å². The second-order valence-electron chi connectivity index (χ2n) is 11.3. The second-order valence-corrected chi connectivity index (χ2v) is 11.3. The molecule has 6 rings (SSSR count). The van der Waals surface area contributed by atoms with Crippen LogP contribution in [0.2, 0.25) is 0 Å². The predicted molar refractivity (Wildman–Crippen MR) is 178 cm³/mol. The number of fused-ring (bicyclic) bond motifs is 1. The highest BCUT2D eigenvalue weighted by Gasteiger charge is 2.37. The van der Waals surface area contributed by atoms with Crippen molar-refractivity contribution >= 4 is 40.7 Å². The highest BCUT2D eigenvalue weighted by atomic mass is 16.5. The van der Waals surface area contributed by atoms with Gasteiger partial charge in [-0.1, -0.05) is 12.1 Å². The van der Waals surface area contributed by atoms with Gasteiger partial charge in [-0.3, -0.25) is 19.2 Å². The van der Waals surface area contributed by atoms with E-state index in [1.54, 1.807) is 54.6 Å². The Morgan fingerprint density at radius 3 is 1.54 bits per heavy atom. The van der Waals surface area contributed by atoms with Gasteiger partial charge in [0.25, 0.3) is 23.6 Å². The van der Waals surface area contributed by atoms with E-state index in [0.29, 0.717) is 28.4 Å². The SMILES string of the molecule is Cc1ccc(NC(=O)c2ccc(Oc3ccc(N4C(=O)c5ccc(C(=O)Nc6ccc(C)c(C)c6)cc5C4=O)cc3)cc2)cc1C. The minimum atomic E-state index is -0.510. The molecule has 0 saturated heterocycles. The van der Waals surface area contributed by atoms with Crippen molar-refractivity contribution in [2.24, 2.45) is 0 Å². The fourth-order valence-electron chi connectivity index (χ4n) is 5.14. The molecule has 0 aliphatic carbocycles. The number of aryl methyl sites for hydroxylation is 4. The number of ether oxygens (including phenoxy) is 1. The summed E-state index contributed by atoms with van der Waals surface area (Å²) < 4.78 is 5.93. The number of rotatable bonds is 7. The molecule has 2 N–H and O–H groups in total. The Morgan fingerprint density at radius 1 is 0.522 bits per heavy atom.